The van der Waals surface area contributed by atoms with Crippen molar-refractivity contribution in [2.45, 2.75) is 45.2 Å². The Kier molecular flexibility index (Phi) is 4.40. The zero-order valence-corrected chi connectivity index (χ0v) is 13.8. The summed E-state index contributed by atoms with van der Waals surface area (Å²) < 4.78 is 24.4. The van der Waals surface area contributed by atoms with E-state index in [4.69, 9.17) is 10.7 Å². The van der Waals surface area contributed by atoms with Gasteiger partial charge in [0.2, 0.25) is 15.0 Å². The Morgan fingerprint density at radius 3 is 2.82 bits per heavy atom. The minimum absolute atomic E-state index is 0.0451. The third-order valence-electron chi connectivity index (χ3n) is 4.25. The number of fused-ring (bicyclic) bond motifs is 1. The van der Waals surface area contributed by atoms with Crippen LogP contribution in [0.1, 0.15) is 37.3 Å². The number of carbonyl (C=O) groups is 1. The van der Waals surface area contributed by atoms with Crippen LogP contribution < -0.4 is 0 Å². The van der Waals surface area contributed by atoms with Gasteiger partial charge in [-0.15, -0.1) is 10.2 Å². The van der Waals surface area contributed by atoms with Crippen LogP contribution in [-0.2, 0) is 33.4 Å². The summed E-state index contributed by atoms with van der Waals surface area (Å²) >= 11 is 0. The second-order valence-electron chi connectivity index (χ2n) is 6.04. The Morgan fingerprint density at radius 2 is 2.05 bits per heavy atom. The maximum Gasteiger partial charge on any atom is 0.232 e. The van der Waals surface area contributed by atoms with Crippen molar-refractivity contribution in [1.29, 1.82) is 0 Å². The SMILES string of the molecule is O=C1CC(CS(=O)(=O)Cl)CN1Cc1nnc2n1CCCCC2. The summed E-state index contributed by atoms with van der Waals surface area (Å²) in [5.74, 6) is 1.34. The summed E-state index contributed by atoms with van der Waals surface area (Å²) in [4.78, 5) is 13.7. The highest BCUT2D eigenvalue weighted by molar-refractivity contribution is 8.13. The molecule has 2 aliphatic rings. The average Bonchev–Trinajstić information content (AvgIpc) is 2.84. The minimum atomic E-state index is -3.58. The van der Waals surface area contributed by atoms with Gasteiger partial charge in [-0.05, 0) is 12.8 Å². The van der Waals surface area contributed by atoms with Gasteiger partial charge in [0.15, 0.2) is 5.82 Å². The first-order chi connectivity index (χ1) is 10.4. The van der Waals surface area contributed by atoms with Gasteiger partial charge in [-0.2, -0.15) is 0 Å². The van der Waals surface area contributed by atoms with E-state index in [0.29, 0.717) is 13.1 Å². The first-order valence-corrected chi connectivity index (χ1v) is 10.0. The second-order valence-corrected chi connectivity index (χ2v) is 8.87. The lowest BCUT2D eigenvalue weighted by Crippen LogP contribution is -2.27. The first-order valence-electron chi connectivity index (χ1n) is 7.53. The Labute approximate surface area is 134 Å². The Morgan fingerprint density at radius 1 is 1.23 bits per heavy atom. The van der Waals surface area contributed by atoms with Crippen LogP contribution in [0.15, 0.2) is 0 Å². The van der Waals surface area contributed by atoms with Crippen molar-refractivity contribution in [3.05, 3.63) is 11.6 Å². The van der Waals surface area contributed by atoms with Crippen molar-refractivity contribution in [1.82, 2.24) is 19.7 Å². The van der Waals surface area contributed by atoms with Gasteiger partial charge in [0.05, 0.1) is 12.3 Å². The summed E-state index contributed by atoms with van der Waals surface area (Å²) in [6.45, 7) is 1.69. The monoisotopic (exact) mass is 346 g/mol. The molecule has 122 valence electrons. The quantitative estimate of drug-likeness (QED) is 0.757. The first kappa shape index (κ1) is 15.7. The van der Waals surface area contributed by atoms with Crippen LogP contribution in [0.5, 0.6) is 0 Å². The summed E-state index contributed by atoms with van der Waals surface area (Å²) in [7, 11) is 1.70. The molecule has 1 amide bonds. The second kappa shape index (κ2) is 6.16. The molecule has 1 aromatic heterocycles. The molecule has 9 heteroatoms. The number of halogens is 1. The summed E-state index contributed by atoms with van der Waals surface area (Å²) in [5, 5.41) is 8.43. The number of carbonyl (C=O) groups excluding carboxylic acids is 1. The molecule has 0 bridgehead atoms. The lowest BCUT2D eigenvalue weighted by atomic mass is 10.1. The highest BCUT2D eigenvalue weighted by Crippen LogP contribution is 2.23. The van der Waals surface area contributed by atoms with E-state index in [0.717, 1.165) is 37.5 Å². The number of aryl methyl sites for hydroxylation is 1. The maximum absolute atomic E-state index is 12.1. The lowest BCUT2D eigenvalue weighted by Gasteiger charge is -2.16. The molecule has 0 saturated carbocycles. The molecule has 1 atom stereocenters. The van der Waals surface area contributed by atoms with Gasteiger partial charge in [0, 0.05) is 42.5 Å². The molecule has 7 nitrogen and oxygen atoms in total. The van der Waals surface area contributed by atoms with Gasteiger partial charge in [-0.1, -0.05) is 6.42 Å². The molecular weight excluding hydrogens is 328 g/mol. The zero-order valence-electron chi connectivity index (χ0n) is 12.2. The summed E-state index contributed by atoms with van der Waals surface area (Å²) in [6, 6.07) is 0. The molecule has 0 aromatic carbocycles. The topological polar surface area (TPSA) is 85.2 Å². The third kappa shape index (κ3) is 3.60. The van der Waals surface area contributed by atoms with Crippen LogP contribution in [0.4, 0.5) is 0 Å². The van der Waals surface area contributed by atoms with E-state index in [-0.39, 0.29) is 24.0 Å². The number of rotatable bonds is 4. The predicted octanol–water partition coefficient (Wildman–Crippen LogP) is 0.922. The number of aromatic nitrogens is 3. The van der Waals surface area contributed by atoms with Gasteiger partial charge >= 0.3 is 0 Å². The molecule has 0 spiro atoms. The van der Waals surface area contributed by atoms with Crippen LogP contribution in [0, 0.1) is 5.92 Å². The van der Waals surface area contributed by atoms with E-state index in [2.05, 4.69) is 14.8 Å². The van der Waals surface area contributed by atoms with Crippen molar-refractivity contribution in [2.24, 2.45) is 5.92 Å². The maximum atomic E-state index is 12.1. The summed E-state index contributed by atoms with van der Waals surface area (Å²) in [5.41, 5.74) is 0. The Balaban J connectivity index is 1.69. The Bertz CT molecular complexity index is 673. The molecule has 0 aliphatic carbocycles. The molecule has 3 heterocycles. The van der Waals surface area contributed by atoms with E-state index in [1.54, 1.807) is 4.90 Å². The van der Waals surface area contributed by atoms with Crippen molar-refractivity contribution in [3.63, 3.8) is 0 Å². The molecule has 1 aromatic rings. The highest BCUT2D eigenvalue weighted by Gasteiger charge is 2.33. The molecule has 3 rings (SSSR count). The summed E-state index contributed by atoms with van der Waals surface area (Å²) in [6.07, 6.45) is 4.55. The van der Waals surface area contributed by atoms with Crippen molar-refractivity contribution in [2.75, 3.05) is 12.3 Å². The normalized spacial score (nSPS) is 22.7. The standard InChI is InChI=1S/C13H19ClN4O3S/c14-22(20,21)9-10-6-13(19)17(7-10)8-12-16-15-11-4-2-1-3-5-18(11)12/h10H,1-9H2. The van der Waals surface area contributed by atoms with Gasteiger partial charge in [0.25, 0.3) is 0 Å². The molecular formula is C13H19ClN4O3S. The van der Waals surface area contributed by atoms with E-state index in [1.165, 1.54) is 6.42 Å². The van der Waals surface area contributed by atoms with Gasteiger partial charge in [-0.3, -0.25) is 4.79 Å². The number of nitrogens with zero attached hydrogens (tertiary/aromatic N) is 4. The van der Waals surface area contributed by atoms with E-state index < -0.39 is 9.05 Å². The van der Waals surface area contributed by atoms with Gasteiger partial charge in [0.1, 0.15) is 5.82 Å². The molecule has 0 radical (unpaired) electrons. The minimum Gasteiger partial charge on any atom is -0.335 e. The molecule has 1 saturated heterocycles. The number of amides is 1. The number of hydrogen-bond donors (Lipinski definition) is 0. The van der Waals surface area contributed by atoms with E-state index in [9.17, 15) is 13.2 Å². The van der Waals surface area contributed by atoms with Crippen molar-refractivity contribution >= 4 is 25.6 Å². The molecule has 1 fully saturated rings. The predicted molar refractivity (Wildman–Crippen MR) is 80.7 cm³/mol. The fourth-order valence-electron chi connectivity index (χ4n) is 3.23. The molecule has 1 unspecified atom stereocenters. The highest BCUT2D eigenvalue weighted by atomic mass is 35.7. The van der Waals surface area contributed by atoms with Crippen LogP contribution in [-0.4, -0.2) is 46.3 Å². The zero-order chi connectivity index (χ0) is 15.7. The van der Waals surface area contributed by atoms with Crippen molar-refractivity contribution in [3.8, 4) is 0 Å². The van der Waals surface area contributed by atoms with Crippen LogP contribution in [0.3, 0.4) is 0 Å². The van der Waals surface area contributed by atoms with E-state index >= 15 is 0 Å². The van der Waals surface area contributed by atoms with Crippen molar-refractivity contribution < 1.29 is 13.2 Å². The fraction of sp³-hybridized carbons (Fsp3) is 0.769. The molecule has 2 aliphatic heterocycles. The van der Waals surface area contributed by atoms with Crippen LogP contribution in [0.25, 0.3) is 0 Å². The van der Waals surface area contributed by atoms with Gasteiger partial charge < -0.3 is 9.47 Å². The fourth-order valence-corrected chi connectivity index (χ4v) is 4.55. The van der Waals surface area contributed by atoms with Crippen LogP contribution >= 0.6 is 10.7 Å². The molecule has 22 heavy (non-hydrogen) atoms. The largest absolute Gasteiger partial charge is 0.335 e. The lowest BCUT2D eigenvalue weighted by molar-refractivity contribution is -0.128. The van der Waals surface area contributed by atoms with Crippen LogP contribution in [0.2, 0.25) is 0 Å². The smallest absolute Gasteiger partial charge is 0.232 e. The average molecular weight is 347 g/mol. The van der Waals surface area contributed by atoms with E-state index in [1.807, 2.05) is 0 Å². The number of hydrogen-bond acceptors (Lipinski definition) is 5. The Hall–Kier alpha value is -1.15. The van der Waals surface area contributed by atoms with Gasteiger partial charge in [-0.25, -0.2) is 8.42 Å². The third-order valence-corrected chi connectivity index (χ3v) is 5.50. The molecule has 0 N–H and O–H groups in total. The number of likely N-dealkylation sites (tertiary alicyclic amines) is 1.